The molecule has 120 valence electrons. The van der Waals surface area contributed by atoms with Gasteiger partial charge in [0.1, 0.15) is 12.3 Å². The van der Waals surface area contributed by atoms with Crippen LogP contribution in [0.5, 0.6) is 5.75 Å². The fraction of sp³-hybridized carbons (Fsp3) is 0.353. The molecule has 2 rings (SSSR count). The lowest BCUT2D eigenvalue weighted by Crippen LogP contribution is -3.00. The summed E-state index contributed by atoms with van der Waals surface area (Å²) in [4.78, 5) is 13.3. The molecule has 0 aliphatic heterocycles. The highest BCUT2D eigenvalue weighted by atomic mass is 79.9. The third-order valence-corrected chi connectivity index (χ3v) is 3.19. The monoisotopic (exact) mass is 366 g/mol. The van der Waals surface area contributed by atoms with Crippen LogP contribution >= 0.6 is 0 Å². The Morgan fingerprint density at radius 3 is 2.32 bits per heavy atom. The van der Waals surface area contributed by atoms with Gasteiger partial charge in [0.2, 0.25) is 0 Å². The van der Waals surface area contributed by atoms with Gasteiger partial charge in [0.25, 0.3) is 0 Å². The average molecular weight is 367 g/mol. The summed E-state index contributed by atoms with van der Waals surface area (Å²) in [7, 11) is 9.74. The predicted molar refractivity (Wildman–Crippen MR) is 85.4 cm³/mol. The standard InChI is InChI=1S/C17H23N2O2.BrH/c1-18(2)17(20)21-16-11-10-13-8-6-7-9-14(13)15(16)12-19(3,4)5;/h6-11H,12H2,1-5H3;1H/q+1;/p-1. The van der Waals surface area contributed by atoms with E-state index in [9.17, 15) is 4.79 Å². The van der Waals surface area contributed by atoms with Crippen LogP contribution in [0.3, 0.4) is 0 Å². The zero-order valence-electron chi connectivity index (χ0n) is 13.8. The number of hydrogen-bond acceptors (Lipinski definition) is 2. The Hall–Kier alpha value is -1.59. The van der Waals surface area contributed by atoms with E-state index in [1.807, 2.05) is 24.3 Å². The Morgan fingerprint density at radius 2 is 1.73 bits per heavy atom. The summed E-state index contributed by atoms with van der Waals surface area (Å²) in [5.41, 5.74) is 1.07. The van der Waals surface area contributed by atoms with Crippen LogP contribution in [0, 0.1) is 0 Å². The van der Waals surface area contributed by atoms with E-state index in [-0.39, 0.29) is 23.1 Å². The number of quaternary nitrogens is 1. The Morgan fingerprint density at radius 1 is 1.09 bits per heavy atom. The fourth-order valence-corrected chi connectivity index (χ4v) is 2.23. The third kappa shape index (κ3) is 4.45. The lowest BCUT2D eigenvalue weighted by Gasteiger charge is -2.26. The van der Waals surface area contributed by atoms with Crippen LogP contribution in [0.1, 0.15) is 5.56 Å². The molecule has 0 fully saturated rings. The number of rotatable bonds is 3. The fourth-order valence-electron chi connectivity index (χ4n) is 2.23. The molecule has 0 aliphatic carbocycles. The van der Waals surface area contributed by atoms with Gasteiger partial charge in [0.15, 0.2) is 0 Å². The van der Waals surface area contributed by atoms with Gasteiger partial charge < -0.3 is 31.1 Å². The molecule has 2 aromatic carbocycles. The van der Waals surface area contributed by atoms with Crippen LogP contribution < -0.4 is 21.7 Å². The van der Waals surface area contributed by atoms with Crippen molar-refractivity contribution in [2.45, 2.75) is 6.54 Å². The lowest BCUT2D eigenvalue weighted by molar-refractivity contribution is -0.883. The quantitative estimate of drug-likeness (QED) is 0.721. The van der Waals surface area contributed by atoms with Crippen molar-refractivity contribution in [3.05, 3.63) is 42.0 Å². The van der Waals surface area contributed by atoms with Crippen molar-refractivity contribution in [2.24, 2.45) is 0 Å². The summed E-state index contributed by atoms with van der Waals surface area (Å²) in [5, 5.41) is 2.29. The highest BCUT2D eigenvalue weighted by Gasteiger charge is 2.19. The maximum absolute atomic E-state index is 11.9. The van der Waals surface area contributed by atoms with E-state index >= 15 is 0 Å². The van der Waals surface area contributed by atoms with Crippen molar-refractivity contribution >= 4 is 16.9 Å². The van der Waals surface area contributed by atoms with Crippen molar-refractivity contribution in [3.8, 4) is 5.75 Å². The van der Waals surface area contributed by atoms with Gasteiger partial charge in [-0.3, -0.25) is 0 Å². The number of amides is 1. The molecule has 0 saturated heterocycles. The van der Waals surface area contributed by atoms with Gasteiger partial charge in [-0.15, -0.1) is 0 Å². The van der Waals surface area contributed by atoms with E-state index in [0.29, 0.717) is 5.75 Å². The minimum atomic E-state index is -0.354. The number of halogens is 1. The van der Waals surface area contributed by atoms with Crippen molar-refractivity contribution in [2.75, 3.05) is 35.2 Å². The normalized spacial score (nSPS) is 11.0. The number of ether oxygens (including phenoxy) is 1. The molecule has 5 heteroatoms. The zero-order chi connectivity index (χ0) is 15.6. The number of carbonyl (C=O) groups is 1. The lowest BCUT2D eigenvalue weighted by atomic mass is 10.0. The topological polar surface area (TPSA) is 29.5 Å². The third-order valence-electron chi connectivity index (χ3n) is 3.19. The number of carbonyl (C=O) groups excluding carboxylic acids is 1. The Kier molecular flexibility index (Phi) is 5.97. The summed E-state index contributed by atoms with van der Waals surface area (Å²) in [6.07, 6.45) is -0.354. The zero-order valence-corrected chi connectivity index (χ0v) is 15.3. The molecule has 2 aromatic rings. The van der Waals surface area contributed by atoms with Gasteiger partial charge in [-0.1, -0.05) is 30.3 Å². The maximum Gasteiger partial charge on any atom is 0.414 e. The SMILES string of the molecule is CN(C)C(=O)Oc1ccc2ccccc2c1C[N+](C)(C)C.[Br-]. The van der Waals surface area contributed by atoms with Crippen molar-refractivity contribution in [1.29, 1.82) is 0 Å². The second kappa shape index (κ2) is 7.11. The molecule has 0 atom stereocenters. The first-order valence-electron chi connectivity index (χ1n) is 6.98. The summed E-state index contributed by atoms with van der Waals surface area (Å²) in [6.45, 7) is 0.789. The first-order valence-corrected chi connectivity index (χ1v) is 6.98. The molecule has 0 spiro atoms. The maximum atomic E-state index is 11.9. The largest absolute Gasteiger partial charge is 1.00 e. The highest BCUT2D eigenvalue weighted by molar-refractivity contribution is 5.88. The average Bonchev–Trinajstić information content (AvgIpc) is 2.39. The molecule has 4 nitrogen and oxygen atoms in total. The molecule has 0 aliphatic rings. The Balaban J connectivity index is 0.00000242. The van der Waals surface area contributed by atoms with Crippen LogP contribution in [0.4, 0.5) is 4.79 Å². The van der Waals surface area contributed by atoms with Crippen LogP contribution in [-0.4, -0.2) is 50.7 Å². The second-order valence-corrected chi connectivity index (χ2v) is 6.47. The van der Waals surface area contributed by atoms with E-state index in [1.165, 1.54) is 4.90 Å². The predicted octanol–water partition coefficient (Wildman–Crippen LogP) is 0.110. The molecule has 0 radical (unpaired) electrons. The van der Waals surface area contributed by atoms with Gasteiger partial charge in [0, 0.05) is 14.1 Å². The molecule has 0 heterocycles. The first kappa shape index (κ1) is 18.5. The molecule has 1 amide bonds. The molecule has 22 heavy (non-hydrogen) atoms. The van der Waals surface area contributed by atoms with Gasteiger partial charge in [-0.2, -0.15) is 0 Å². The number of benzene rings is 2. The van der Waals surface area contributed by atoms with Gasteiger partial charge in [0.05, 0.1) is 26.7 Å². The summed E-state index contributed by atoms with van der Waals surface area (Å²) in [6, 6.07) is 12.1. The van der Waals surface area contributed by atoms with E-state index in [0.717, 1.165) is 27.4 Å². The van der Waals surface area contributed by atoms with Crippen LogP contribution in [0.2, 0.25) is 0 Å². The van der Waals surface area contributed by atoms with E-state index < -0.39 is 0 Å². The smallest absolute Gasteiger partial charge is 0.414 e. The van der Waals surface area contributed by atoms with Gasteiger partial charge in [-0.25, -0.2) is 4.79 Å². The number of hydrogen-bond donors (Lipinski definition) is 0. The minimum absolute atomic E-state index is 0. The summed E-state index contributed by atoms with van der Waals surface area (Å²) >= 11 is 0. The molecule has 0 aromatic heterocycles. The first-order chi connectivity index (χ1) is 9.78. The molecule has 0 N–H and O–H groups in total. The van der Waals surface area contributed by atoms with Crippen LogP contribution in [0.25, 0.3) is 10.8 Å². The molecule has 0 saturated carbocycles. The molecule has 0 unspecified atom stereocenters. The Bertz CT molecular complexity index is 663. The summed E-state index contributed by atoms with van der Waals surface area (Å²) in [5.74, 6) is 0.639. The van der Waals surface area contributed by atoms with Gasteiger partial charge >= 0.3 is 6.09 Å². The van der Waals surface area contributed by atoms with Gasteiger partial charge in [-0.05, 0) is 16.8 Å². The van der Waals surface area contributed by atoms with Crippen molar-refractivity contribution < 1.29 is 31.0 Å². The minimum Gasteiger partial charge on any atom is -1.00 e. The van der Waals surface area contributed by atoms with Crippen LogP contribution in [0.15, 0.2) is 36.4 Å². The second-order valence-electron chi connectivity index (χ2n) is 6.47. The molecular formula is C17H23BrN2O2. The van der Waals surface area contributed by atoms with Crippen LogP contribution in [-0.2, 0) is 6.54 Å². The summed E-state index contributed by atoms with van der Waals surface area (Å²) < 4.78 is 6.30. The van der Waals surface area contributed by atoms with Crippen molar-refractivity contribution in [3.63, 3.8) is 0 Å². The Labute approximate surface area is 142 Å². The number of fused-ring (bicyclic) bond motifs is 1. The molecule has 0 bridgehead atoms. The van der Waals surface area contributed by atoms with E-state index in [1.54, 1.807) is 14.1 Å². The highest BCUT2D eigenvalue weighted by Crippen LogP contribution is 2.30. The number of nitrogens with zero attached hydrogens (tertiary/aromatic N) is 2. The van der Waals surface area contributed by atoms with E-state index in [4.69, 9.17) is 4.74 Å². The molecular weight excluding hydrogens is 344 g/mol. The van der Waals surface area contributed by atoms with Crippen molar-refractivity contribution in [1.82, 2.24) is 4.90 Å². The van der Waals surface area contributed by atoms with E-state index in [2.05, 4.69) is 33.3 Å².